The van der Waals surface area contributed by atoms with Gasteiger partial charge in [0.25, 0.3) is 0 Å². The van der Waals surface area contributed by atoms with E-state index in [0.29, 0.717) is 46.8 Å². The summed E-state index contributed by atoms with van der Waals surface area (Å²) >= 11 is 0. The highest BCUT2D eigenvalue weighted by atomic mass is 19.4. The second-order valence-corrected chi connectivity index (χ2v) is 29.5. The Kier molecular flexibility index (Phi) is 24.4. The van der Waals surface area contributed by atoms with Gasteiger partial charge in [0.15, 0.2) is 6.54 Å². The quantitative estimate of drug-likeness (QED) is 0.0302. The molecule has 18 nitrogen and oxygen atoms in total. The molecule has 126 heavy (non-hydrogen) atoms. The van der Waals surface area contributed by atoms with Crippen LogP contribution in [0.4, 0.5) is 86.8 Å². The normalized spacial score (nSPS) is 11.9. The molecule has 0 spiro atoms. The lowest BCUT2D eigenvalue weighted by Crippen LogP contribution is -2.55. The molecule has 0 aliphatic carbocycles. The van der Waals surface area contributed by atoms with E-state index in [1.165, 1.54) is 107 Å². The van der Waals surface area contributed by atoms with Crippen molar-refractivity contribution in [1.82, 2.24) is 25.2 Å². The predicted octanol–water partition coefficient (Wildman–Crippen LogP) is 22.5. The highest BCUT2D eigenvalue weighted by Gasteiger charge is 2.44. The van der Waals surface area contributed by atoms with Gasteiger partial charge in [-0.3, -0.25) is 0 Å². The third kappa shape index (κ3) is 19.9. The molecule has 0 radical (unpaired) electrons. The van der Waals surface area contributed by atoms with E-state index in [4.69, 9.17) is 48.8 Å². The molecule has 0 amide bonds. The van der Waals surface area contributed by atoms with Crippen molar-refractivity contribution in [3.8, 4) is 81.0 Å². The lowest BCUT2D eigenvalue weighted by molar-refractivity contribution is -0.814. The zero-order valence-electron chi connectivity index (χ0n) is 65.9. The van der Waals surface area contributed by atoms with Gasteiger partial charge in [-0.05, 0) is 217 Å². The molecule has 0 saturated carbocycles. The van der Waals surface area contributed by atoms with E-state index in [-0.39, 0.29) is 90.6 Å². The summed E-state index contributed by atoms with van der Waals surface area (Å²) in [7, 11) is 0. The van der Waals surface area contributed by atoms with Gasteiger partial charge < -0.3 is 38.2 Å². The van der Waals surface area contributed by atoms with Crippen LogP contribution in [-0.4, -0.2) is 59.7 Å². The van der Waals surface area contributed by atoms with Gasteiger partial charge in [0.2, 0.25) is 0 Å². The number of para-hydroxylation sites is 4. The van der Waals surface area contributed by atoms with Crippen LogP contribution in [0, 0.1) is 56.2 Å². The molecule has 2 aromatic heterocycles. The molecule has 13 aromatic carbocycles. The Morgan fingerprint density at radius 3 is 0.873 bits per heavy atom. The predicted molar refractivity (Wildman–Crippen MR) is 442 cm³/mol. The van der Waals surface area contributed by atoms with Gasteiger partial charge in [0.1, 0.15) is 90.6 Å². The Morgan fingerprint density at radius 1 is 0.310 bits per heavy atom. The highest BCUT2D eigenvalue weighted by Crippen LogP contribution is 2.47. The Morgan fingerprint density at radius 2 is 0.579 bits per heavy atom. The number of aromatic nitrogens is 6. The number of hydrogen-bond donors (Lipinski definition) is 0. The number of alkyl halides is 12. The standard InChI is InChI=1S/C96H66F12N12O6/c97-93(98,99)69-45-70(94(100,101)102)48-83(47-69)125-61-91(57-121-79-37-21-63(51-109)22-38-79,58-122-80-39-23-64(52-110)24-40-80)55-117-113-87-85(67-29-33-77(34-30-67)119(73-13-5-1-6-14-73)74-15-7-2-8-16-74)88-90(86(89(87)115-117)68-31-35-78(36-32-68)120(75-17-9-3-10-18-75)76-19-11-4-12-20-76)116-118(114-88)56-92(59-123-81-41-25-65(53-111)26-42-81,60-124-82-43-27-66(54-112)28-44-82)62-126-84-49-71(95(103,104)105)46-72(50-84)96(106,107)108/h1-50H,55-62H2. The van der Waals surface area contributed by atoms with E-state index in [0.717, 1.165) is 22.7 Å². The summed E-state index contributed by atoms with van der Waals surface area (Å²) in [4.78, 5) is 6.46. The summed E-state index contributed by atoms with van der Waals surface area (Å²) in [5, 5.41) is 60.7. The summed E-state index contributed by atoms with van der Waals surface area (Å²) in [6.07, 6.45) is -21.2. The van der Waals surface area contributed by atoms with Gasteiger partial charge in [-0.2, -0.15) is 104 Å². The molecule has 0 N–H and O–H groups in total. The first-order chi connectivity index (χ1) is 60.6. The maximum absolute atomic E-state index is 14.8. The van der Waals surface area contributed by atoms with Crippen LogP contribution in [0.25, 0.3) is 44.3 Å². The van der Waals surface area contributed by atoms with Crippen LogP contribution in [0.3, 0.4) is 0 Å². The van der Waals surface area contributed by atoms with Crippen molar-refractivity contribution < 1.29 is 85.9 Å². The highest BCUT2D eigenvalue weighted by molar-refractivity contribution is 6.16. The number of hydrogen-bond acceptors (Lipinski definition) is 15. The van der Waals surface area contributed by atoms with Crippen molar-refractivity contribution in [2.24, 2.45) is 10.8 Å². The van der Waals surface area contributed by atoms with Gasteiger partial charge in [-0.15, -0.1) is 0 Å². The number of nitrogens with zero attached hydrogens (tertiary/aromatic N) is 12. The van der Waals surface area contributed by atoms with Crippen LogP contribution in [0.5, 0.6) is 34.5 Å². The SMILES string of the molecule is N#Cc1ccc(OCC(COc2ccc(C#N)cc2)(COc2cc(C(F)(F)F)cc(C(F)(F)F)c2)Cn2nc3c(-c4ccc(N(c5ccccc5)c5ccccc5)cc4)c4n[n+](CC(COc5ccc(C#N)cc5)(COc5ccc(C#N)cc5)COc5cc(C(F)(F)F)cc(C(F)(F)F)c5)[n-]c4c(-c4ccc(N(c5ccccc5)c5ccccc5)cc4)c3n2)cc1. The minimum atomic E-state index is -5.31. The average Bonchev–Trinajstić information content (AvgIpc) is 1.54. The van der Waals surface area contributed by atoms with Crippen LogP contribution in [0.1, 0.15) is 44.5 Å². The summed E-state index contributed by atoms with van der Waals surface area (Å²) in [6, 6.07) is 85.3. The molecule has 15 rings (SSSR count). The topological polar surface area (TPSA) is 219 Å². The monoisotopic (exact) mass is 1710 g/mol. The summed E-state index contributed by atoms with van der Waals surface area (Å²) in [5.74, 6) is -1.19. The van der Waals surface area contributed by atoms with Crippen molar-refractivity contribution in [3.05, 3.63) is 348 Å². The van der Waals surface area contributed by atoms with E-state index < -0.39 is 122 Å². The number of fused-ring (bicyclic) bond motifs is 2. The molecule has 0 bridgehead atoms. The summed E-state index contributed by atoms with van der Waals surface area (Å²) in [5.41, 5.74) is -3.73. The Labute approximate surface area is 711 Å². The van der Waals surface area contributed by atoms with Crippen molar-refractivity contribution in [1.29, 1.82) is 21.0 Å². The van der Waals surface area contributed by atoms with E-state index in [1.807, 2.05) is 180 Å². The van der Waals surface area contributed by atoms with Crippen LogP contribution in [0.2, 0.25) is 0 Å². The molecular weight excluding hydrogens is 1650 g/mol. The molecule has 0 fully saturated rings. The number of benzene rings is 13. The summed E-state index contributed by atoms with van der Waals surface area (Å²) < 4.78 is 216. The Balaban J connectivity index is 0.985. The van der Waals surface area contributed by atoms with E-state index in [1.54, 1.807) is 24.3 Å². The number of nitriles is 4. The maximum atomic E-state index is 14.8. The second kappa shape index (κ2) is 36.1. The smallest absolute Gasteiger partial charge is 0.416 e. The molecule has 0 unspecified atom stereocenters. The molecule has 0 aliphatic rings. The second-order valence-electron chi connectivity index (χ2n) is 29.5. The average molecular weight is 1710 g/mol. The van der Waals surface area contributed by atoms with Crippen molar-refractivity contribution in [2.75, 3.05) is 49.4 Å². The molecule has 15 aromatic rings. The van der Waals surface area contributed by atoms with Gasteiger partial charge in [-0.1, -0.05) is 97.1 Å². The van der Waals surface area contributed by atoms with Crippen LogP contribution in [0.15, 0.2) is 303 Å². The van der Waals surface area contributed by atoms with Crippen LogP contribution in [-0.2, 0) is 37.8 Å². The lowest BCUT2D eigenvalue weighted by Gasteiger charge is -2.33. The third-order valence-electron chi connectivity index (χ3n) is 20.4. The molecule has 630 valence electrons. The van der Waals surface area contributed by atoms with Crippen LogP contribution < -0.4 is 48.1 Å². The Hall–Kier alpha value is -15.8. The number of halogens is 12. The first kappa shape index (κ1) is 85.2. The molecule has 30 heteroatoms. The minimum Gasteiger partial charge on any atom is -0.493 e. The Bertz CT molecular complexity index is 5810. The fourth-order valence-electron chi connectivity index (χ4n) is 14.1. The zero-order chi connectivity index (χ0) is 88.4. The van der Waals surface area contributed by atoms with Gasteiger partial charge in [0, 0.05) is 56.3 Å². The van der Waals surface area contributed by atoms with Gasteiger partial charge in [-0.25, -0.2) is 0 Å². The number of rotatable bonds is 30. The largest absolute Gasteiger partial charge is 0.493 e. The fraction of sp³-hybridized carbons (Fsp3) is 0.146. The van der Waals surface area contributed by atoms with Crippen molar-refractivity contribution >= 4 is 56.2 Å². The van der Waals surface area contributed by atoms with E-state index in [2.05, 4.69) is 0 Å². The van der Waals surface area contributed by atoms with Crippen LogP contribution >= 0.6 is 0 Å². The molecule has 0 atom stereocenters. The van der Waals surface area contributed by atoms with Gasteiger partial charge in [0.05, 0.1) is 80.7 Å². The molecule has 0 aliphatic heterocycles. The molecular formula is C96H66F12N12O6. The van der Waals surface area contributed by atoms with E-state index in [9.17, 15) is 73.7 Å². The summed E-state index contributed by atoms with van der Waals surface area (Å²) in [6.45, 7) is -4.93. The molecule has 2 heterocycles. The first-order valence-corrected chi connectivity index (χ1v) is 38.7. The third-order valence-corrected chi connectivity index (χ3v) is 20.4. The minimum absolute atomic E-state index is 0.0481. The zero-order valence-corrected chi connectivity index (χ0v) is 65.9. The maximum Gasteiger partial charge on any atom is 0.416 e. The van der Waals surface area contributed by atoms with E-state index >= 15 is 0 Å². The fourth-order valence-corrected chi connectivity index (χ4v) is 14.1. The molecule has 0 saturated heterocycles. The lowest BCUT2D eigenvalue weighted by atomic mass is 9.90. The van der Waals surface area contributed by atoms with Gasteiger partial charge >= 0.3 is 24.7 Å². The van der Waals surface area contributed by atoms with Crippen molar-refractivity contribution in [3.63, 3.8) is 0 Å². The number of ether oxygens (including phenoxy) is 6. The number of anilines is 6. The first-order valence-electron chi connectivity index (χ1n) is 38.7. The van der Waals surface area contributed by atoms with Crippen molar-refractivity contribution in [2.45, 2.75) is 37.8 Å².